The van der Waals surface area contributed by atoms with Crippen LogP contribution in [0.1, 0.15) is 25.3 Å². The van der Waals surface area contributed by atoms with Gasteiger partial charge in [0, 0.05) is 19.7 Å². The van der Waals surface area contributed by atoms with E-state index in [-0.39, 0.29) is 10.6 Å². The number of anilines is 1. The van der Waals surface area contributed by atoms with Crippen molar-refractivity contribution in [2.75, 3.05) is 25.5 Å². The van der Waals surface area contributed by atoms with Crippen molar-refractivity contribution in [2.45, 2.75) is 26.3 Å². The molecule has 1 saturated heterocycles. The van der Waals surface area contributed by atoms with E-state index in [1.54, 1.807) is 13.1 Å². The van der Waals surface area contributed by atoms with E-state index in [9.17, 15) is 10.1 Å². The average Bonchev–Trinajstić information content (AvgIpc) is 2.41. The number of likely N-dealkylation sites (tertiary alicyclic amines) is 1. The van der Waals surface area contributed by atoms with Gasteiger partial charge >= 0.3 is 0 Å². The van der Waals surface area contributed by atoms with Crippen LogP contribution in [0.4, 0.5) is 11.4 Å². The summed E-state index contributed by atoms with van der Waals surface area (Å²) in [6.07, 6.45) is 2.48. The monoisotopic (exact) mass is 263 g/mol. The third-order valence-corrected chi connectivity index (χ3v) is 3.81. The second-order valence-electron chi connectivity index (χ2n) is 5.32. The minimum Gasteiger partial charge on any atom is -0.383 e. The van der Waals surface area contributed by atoms with E-state index >= 15 is 0 Å². The van der Waals surface area contributed by atoms with Gasteiger partial charge in [-0.05, 0) is 43.5 Å². The van der Waals surface area contributed by atoms with Crippen LogP contribution in [-0.2, 0) is 6.54 Å². The molecule has 1 N–H and O–H groups in total. The summed E-state index contributed by atoms with van der Waals surface area (Å²) in [4.78, 5) is 12.9. The second-order valence-corrected chi connectivity index (χ2v) is 5.32. The van der Waals surface area contributed by atoms with Crippen LogP contribution in [0.25, 0.3) is 0 Å². The second kappa shape index (κ2) is 6.02. The van der Waals surface area contributed by atoms with E-state index in [0.29, 0.717) is 5.69 Å². The molecular formula is C14H21N3O2. The molecule has 104 valence electrons. The Labute approximate surface area is 113 Å². The zero-order valence-electron chi connectivity index (χ0n) is 11.6. The maximum Gasteiger partial charge on any atom is 0.292 e. The number of nitro benzene ring substituents is 1. The number of hydrogen-bond donors (Lipinski definition) is 1. The maximum atomic E-state index is 10.9. The molecule has 0 bridgehead atoms. The van der Waals surface area contributed by atoms with Crippen LogP contribution < -0.4 is 5.32 Å². The van der Waals surface area contributed by atoms with Crippen molar-refractivity contribution < 1.29 is 4.92 Å². The molecule has 0 atom stereocenters. The summed E-state index contributed by atoms with van der Waals surface area (Å²) in [5.74, 6) is 0.820. The highest BCUT2D eigenvalue weighted by Gasteiger charge is 2.17. The van der Waals surface area contributed by atoms with Gasteiger partial charge in [0.25, 0.3) is 5.69 Å². The van der Waals surface area contributed by atoms with E-state index in [4.69, 9.17) is 0 Å². The Morgan fingerprint density at radius 2 is 2.11 bits per heavy atom. The topological polar surface area (TPSA) is 58.4 Å². The average molecular weight is 263 g/mol. The number of nitrogens with one attached hydrogen (secondary N) is 1. The largest absolute Gasteiger partial charge is 0.383 e. The molecule has 19 heavy (non-hydrogen) atoms. The molecule has 0 amide bonds. The predicted molar refractivity (Wildman–Crippen MR) is 76.3 cm³/mol. The molecule has 0 aromatic heterocycles. The summed E-state index contributed by atoms with van der Waals surface area (Å²) in [5.41, 5.74) is 1.86. The molecule has 0 radical (unpaired) electrons. The third kappa shape index (κ3) is 3.44. The summed E-state index contributed by atoms with van der Waals surface area (Å²) >= 11 is 0. The lowest BCUT2D eigenvalue weighted by Gasteiger charge is -2.30. The number of hydrogen-bond acceptors (Lipinski definition) is 4. The highest BCUT2D eigenvalue weighted by Crippen LogP contribution is 2.26. The van der Waals surface area contributed by atoms with Crippen molar-refractivity contribution >= 4 is 11.4 Å². The van der Waals surface area contributed by atoms with Gasteiger partial charge in [-0.3, -0.25) is 15.0 Å². The summed E-state index contributed by atoms with van der Waals surface area (Å²) in [5, 5.41) is 13.8. The number of rotatable bonds is 4. The van der Waals surface area contributed by atoms with Crippen molar-refractivity contribution in [1.82, 2.24) is 4.90 Å². The standard InChI is InChI=1S/C14H21N3O2/c1-11-5-7-16(8-6-11)10-12-3-4-14(17(18)19)13(9-12)15-2/h3-4,9,11,15H,5-8,10H2,1-2H3. The van der Waals surface area contributed by atoms with Crippen LogP contribution in [0, 0.1) is 16.0 Å². The molecule has 1 aromatic carbocycles. The van der Waals surface area contributed by atoms with Crippen molar-refractivity contribution in [2.24, 2.45) is 5.92 Å². The van der Waals surface area contributed by atoms with E-state index in [2.05, 4.69) is 17.1 Å². The van der Waals surface area contributed by atoms with Crippen molar-refractivity contribution in [3.05, 3.63) is 33.9 Å². The SMILES string of the molecule is CNc1cc(CN2CCC(C)CC2)ccc1[N+](=O)[O-]. The maximum absolute atomic E-state index is 10.9. The Morgan fingerprint density at radius 1 is 1.42 bits per heavy atom. The first-order valence-electron chi connectivity index (χ1n) is 6.77. The Hall–Kier alpha value is -1.62. The molecule has 5 nitrogen and oxygen atoms in total. The van der Waals surface area contributed by atoms with Gasteiger partial charge in [-0.15, -0.1) is 0 Å². The highest BCUT2D eigenvalue weighted by molar-refractivity contribution is 5.62. The van der Waals surface area contributed by atoms with E-state index in [0.717, 1.165) is 31.1 Å². The van der Waals surface area contributed by atoms with E-state index in [1.165, 1.54) is 12.8 Å². The molecule has 2 rings (SSSR count). The molecule has 0 unspecified atom stereocenters. The molecule has 5 heteroatoms. The zero-order valence-corrected chi connectivity index (χ0v) is 11.6. The summed E-state index contributed by atoms with van der Waals surface area (Å²) in [7, 11) is 1.72. The predicted octanol–water partition coefficient (Wildman–Crippen LogP) is 2.87. The van der Waals surface area contributed by atoms with Gasteiger partial charge in [0.1, 0.15) is 5.69 Å². The Balaban J connectivity index is 2.07. The lowest BCUT2D eigenvalue weighted by atomic mass is 9.99. The van der Waals surface area contributed by atoms with Gasteiger partial charge < -0.3 is 5.32 Å². The normalized spacial score (nSPS) is 17.4. The lowest BCUT2D eigenvalue weighted by molar-refractivity contribution is -0.384. The molecule has 0 spiro atoms. The van der Waals surface area contributed by atoms with Gasteiger partial charge in [0.2, 0.25) is 0 Å². The fourth-order valence-corrected chi connectivity index (χ4v) is 2.52. The number of nitrogens with zero attached hydrogens (tertiary/aromatic N) is 2. The number of nitro groups is 1. The molecule has 0 aliphatic carbocycles. The Bertz CT molecular complexity index is 454. The van der Waals surface area contributed by atoms with Gasteiger partial charge in [-0.1, -0.05) is 13.0 Å². The van der Waals surface area contributed by atoms with Gasteiger partial charge in [0.05, 0.1) is 4.92 Å². The summed E-state index contributed by atoms with van der Waals surface area (Å²) in [6.45, 7) is 5.40. The van der Waals surface area contributed by atoms with E-state index < -0.39 is 0 Å². The Kier molecular flexibility index (Phi) is 4.37. The lowest BCUT2D eigenvalue weighted by Crippen LogP contribution is -2.32. The molecule has 1 heterocycles. The van der Waals surface area contributed by atoms with Crippen LogP contribution in [0.15, 0.2) is 18.2 Å². The zero-order chi connectivity index (χ0) is 13.8. The van der Waals surface area contributed by atoms with Crippen LogP contribution in [0.5, 0.6) is 0 Å². The molecule has 1 aliphatic heterocycles. The first-order chi connectivity index (χ1) is 9.10. The first-order valence-corrected chi connectivity index (χ1v) is 6.77. The van der Waals surface area contributed by atoms with Crippen molar-refractivity contribution in [3.63, 3.8) is 0 Å². The molecule has 1 aromatic rings. The van der Waals surface area contributed by atoms with Crippen LogP contribution in [0.3, 0.4) is 0 Å². The van der Waals surface area contributed by atoms with Crippen molar-refractivity contribution in [3.8, 4) is 0 Å². The van der Waals surface area contributed by atoms with Crippen LogP contribution in [0.2, 0.25) is 0 Å². The van der Waals surface area contributed by atoms with E-state index in [1.807, 2.05) is 12.1 Å². The van der Waals surface area contributed by atoms with Crippen molar-refractivity contribution in [1.29, 1.82) is 0 Å². The highest BCUT2D eigenvalue weighted by atomic mass is 16.6. The Morgan fingerprint density at radius 3 is 2.68 bits per heavy atom. The fraction of sp³-hybridized carbons (Fsp3) is 0.571. The summed E-state index contributed by atoms with van der Waals surface area (Å²) in [6, 6.07) is 5.33. The van der Waals surface area contributed by atoms with Crippen LogP contribution >= 0.6 is 0 Å². The van der Waals surface area contributed by atoms with Gasteiger partial charge in [0.15, 0.2) is 0 Å². The first kappa shape index (κ1) is 13.8. The van der Waals surface area contributed by atoms with Crippen LogP contribution in [-0.4, -0.2) is 30.0 Å². The third-order valence-electron chi connectivity index (χ3n) is 3.81. The number of benzene rings is 1. The molecule has 1 aliphatic rings. The molecule has 1 fully saturated rings. The minimum absolute atomic E-state index is 0.138. The van der Waals surface area contributed by atoms with Gasteiger partial charge in [-0.2, -0.15) is 0 Å². The van der Waals surface area contributed by atoms with Gasteiger partial charge in [-0.25, -0.2) is 0 Å². The molecule has 0 saturated carbocycles. The number of piperidine rings is 1. The minimum atomic E-state index is -0.349. The molecular weight excluding hydrogens is 242 g/mol. The quantitative estimate of drug-likeness (QED) is 0.670. The summed E-state index contributed by atoms with van der Waals surface area (Å²) < 4.78 is 0. The smallest absolute Gasteiger partial charge is 0.292 e. The fourth-order valence-electron chi connectivity index (χ4n) is 2.52.